The van der Waals surface area contributed by atoms with Crippen molar-refractivity contribution < 1.29 is 9.53 Å². The number of nitrogens with zero attached hydrogens (tertiary/aromatic N) is 1. The van der Waals surface area contributed by atoms with Gasteiger partial charge in [0.15, 0.2) is 0 Å². The topological polar surface area (TPSA) is 29.5 Å². The van der Waals surface area contributed by atoms with Crippen molar-refractivity contribution in [3.63, 3.8) is 0 Å². The molecular formula is C31H61NO2. The number of hydrogen-bond acceptors (Lipinski definition) is 3. The Kier molecular flexibility index (Phi) is 16.5. The second kappa shape index (κ2) is 17.8. The zero-order valence-electron chi connectivity index (χ0n) is 24.2. The molecule has 0 aromatic rings. The molecule has 0 unspecified atom stereocenters. The molecule has 1 heterocycles. The van der Waals surface area contributed by atoms with Crippen LogP contribution in [0.3, 0.4) is 0 Å². The lowest BCUT2D eigenvalue weighted by Crippen LogP contribution is -2.60. The fourth-order valence-corrected chi connectivity index (χ4v) is 5.78. The molecule has 1 fully saturated rings. The minimum atomic E-state index is 0.0117. The van der Waals surface area contributed by atoms with E-state index in [4.69, 9.17) is 4.74 Å². The Bertz CT molecular complexity index is 496. The SMILES string of the molecule is CCCCCCCCCCCCCCCCCCCCC(=O)OC1CC(C)(C)N(C)C(C)(C)C1. The number of carbonyl (C=O) groups is 1. The Balaban J connectivity index is 1.88. The van der Waals surface area contributed by atoms with E-state index in [2.05, 4.69) is 46.6 Å². The molecule has 1 rings (SSSR count). The van der Waals surface area contributed by atoms with Crippen LogP contribution in [-0.4, -0.2) is 35.1 Å². The third-order valence-corrected chi connectivity index (χ3v) is 8.30. The van der Waals surface area contributed by atoms with Gasteiger partial charge >= 0.3 is 5.97 Å². The van der Waals surface area contributed by atoms with Gasteiger partial charge in [-0.25, -0.2) is 0 Å². The number of likely N-dealkylation sites (tertiary alicyclic amines) is 1. The van der Waals surface area contributed by atoms with E-state index in [9.17, 15) is 4.79 Å². The number of carbonyl (C=O) groups excluding carboxylic acids is 1. The fraction of sp³-hybridized carbons (Fsp3) is 0.968. The molecule has 202 valence electrons. The maximum atomic E-state index is 12.4. The second-order valence-electron chi connectivity index (χ2n) is 12.5. The van der Waals surface area contributed by atoms with E-state index in [0.29, 0.717) is 6.42 Å². The summed E-state index contributed by atoms with van der Waals surface area (Å²) in [5.41, 5.74) is 0.139. The molecule has 3 nitrogen and oxygen atoms in total. The molecule has 1 aliphatic heterocycles. The van der Waals surface area contributed by atoms with Crippen LogP contribution in [-0.2, 0) is 9.53 Å². The van der Waals surface area contributed by atoms with E-state index >= 15 is 0 Å². The van der Waals surface area contributed by atoms with Crippen LogP contribution in [0, 0.1) is 0 Å². The van der Waals surface area contributed by atoms with E-state index in [1.165, 1.54) is 103 Å². The summed E-state index contributed by atoms with van der Waals surface area (Å²) in [7, 11) is 2.19. The van der Waals surface area contributed by atoms with Crippen molar-refractivity contribution in [2.75, 3.05) is 7.05 Å². The van der Waals surface area contributed by atoms with Gasteiger partial charge in [0.05, 0.1) is 0 Å². The van der Waals surface area contributed by atoms with Crippen molar-refractivity contribution in [1.29, 1.82) is 0 Å². The summed E-state index contributed by atoms with van der Waals surface area (Å²) in [6.45, 7) is 11.3. The maximum absolute atomic E-state index is 12.4. The van der Waals surface area contributed by atoms with Crippen molar-refractivity contribution >= 4 is 5.97 Å². The molecule has 0 atom stereocenters. The first-order valence-corrected chi connectivity index (χ1v) is 15.1. The Morgan fingerprint density at radius 1 is 0.647 bits per heavy atom. The van der Waals surface area contributed by atoms with Crippen LogP contribution < -0.4 is 0 Å². The third-order valence-electron chi connectivity index (χ3n) is 8.30. The first kappa shape index (κ1) is 31.5. The average molecular weight is 480 g/mol. The smallest absolute Gasteiger partial charge is 0.306 e. The van der Waals surface area contributed by atoms with Gasteiger partial charge in [-0.1, -0.05) is 116 Å². The van der Waals surface area contributed by atoms with Crippen molar-refractivity contribution in [3.8, 4) is 0 Å². The van der Waals surface area contributed by atoms with E-state index < -0.39 is 0 Å². The summed E-state index contributed by atoms with van der Waals surface area (Å²) in [6.07, 6.45) is 27.2. The number of esters is 1. The van der Waals surface area contributed by atoms with E-state index in [1.54, 1.807) is 0 Å². The van der Waals surface area contributed by atoms with Gasteiger partial charge in [0.1, 0.15) is 6.10 Å². The van der Waals surface area contributed by atoms with Gasteiger partial charge in [0, 0.05) is 30.3 Å². The number of unbranched alkanes of at least 4 members (excludes halogenated alkanes) is 17. The largest absolute Gasteiger partial charge is 0.462 e. The van der Waals surface area contributed by atoms with Crippen molar-refractivity contribution in [2.24, 2.45) is 0 Å². The Morgan fingerprint density at radius 2 is 0.971 bits per heavy atom. The van der Waals surface area contributed by atoms with Gasteiger partial charge < -0.3 is 4.74 Å². The molecule has 0 spiro atoms. The number of ether oxygens (including phenoxy) is 1. The van der Waals surface area contributed by atoms with Gasteiger partial charge in [-0.2, -0.15) is 0 Å². The Labute approximate surface area is 214 Å². The lowest BCUT2D eigenvalue weighted by molar-refractivity contribution is -0.159. The van der Waals surface area contributed by atoms with E-state index in [1.807, 2.05) is 0 Å². The van der Waals surface area contributed by atoms with Crippen molar-refractivity contribution in [1.82, 2.24) is 4.90 Å². The fourth-order valence-electron chi connectivity index (χ4n) is 5.78. The lowest BCUT2D eigenvalue weighted by Gasteiger charge is -2.53. The van der Waals surface area contributed by atoms with Gasteiger partial charge in [-0.15, -0.1) is 0 Å². The van der Waals surface area contributed by atoms with Crippen LogP contribution in [0.1, 0.15) is 169 Å². The highest BCUT2D eigenvalue weighted by atomic mass is 16.5. The molecule has 0 aromatic heterocycles. The number of piperidine rings is 1. The summed E-state index contributed by atoms with van der Waals surface area (Å²) in [5, 5.41) is 0. The van der Waals surface area contributed by atoms with Crippen LogP contribution in [0.5, 0.6) is 0 Å². The van der Waals surface area contributed by atoms with Gasteiger partial charge in [0.25, 0.3) is 0 Å². The third kappa shape index (κ3) is 14.1. The molecule has 0 saturated carbocycles. The minimum absolute atomic E-state index is 0.0117. The molecule has 34 heavy (non-hydrogen) atoms. The number of hydrogen-bond donors (Lipinski definition) is 0. The van der Waals surface area contributed by atoms with Crippen LogP contribution in [0.4, 0.5) is 0 Å². The first-order chi connectivity index (χ1) is 16.2. The zero-order valence-corrected chi connectivity index (χ0v) is 24.2. The first-order valence-electron chi connectivity index (χ1n) is 15.1. The van der Waals surface area contributed by atoms with Crippen LogP contribution in [0.2, 0.25) is 0 Å². The summed E-state index contributed by atoms with van der Waals surface area (Å²) in [5.74, 6) is 0.0117. The molecule has 0 amide bonds. The average Bonchev–Trinajstić information content (AvgIpc) is 2.76. The van der Waals surface area contributed by atoms with Crippen LogP contribution in [0.15, 0.2) is 0 Å². The second-order valence-corrected chi connectivity index (χ2v) is 12.5. The lowest BCUT2D eigenvalue weighted by atomic mass is 9.79. The summed E-state index contributed by atoms with van der Waals surface area (Å²) < 4.78 is 5.88. The van der Waals surface area contributed by atoms with Gasteiger partial charge in [-0.05, 0) is 41.2 Å². The highest BCUT2D eigenvalue weighted by Gasteiger charge is 2.44. The quantitative estimate of drug-likeness (QED) is 0.128. The normalized spacial score (nSPS) is 18.3. The van der Waals surface area contributed by atoms with E-state index in [0.717, 1.165) is 25.7 Å². The van der Waals surface area contributed by atoms with Gasteiger partial charge in [0.2, 0.25) is 0 Å². The number of rotatable bonds is 20. The maximum Gasteiger partial charge on any atom is 0.306 e. The van der Waals surface area contributed by atoms with Gasteiger partial charge in [-0.3, -0.25) is 9.69 Å². The van der Waals surface area contributed by atoms with Crippen molar-refractivity contribution in [3.05, 3.63) is 0 Å². The summed E-state index contributed by atoms with van der Waals surface area (Å²) in [4.78, 5) is 14.8. The molecule has 0 N–H and O–H groups in total. The highest BCUT2D eigenvalue weighted by Crippen LogP contribution is 2.38. The standard InChI is InChI=1S/C31H61NO2/c1-7-8-9-10-11-12-13-14-15-16-17-18-19-20-21-22-23-24-25-29(33)34-28-26-30(2,3)32(6)31(4,5)27-28/h28H,7-27H2,1-6H3. The molecule has 0 radical (unpaired) electrons. The molecule has 0 aromatic carbocycles. The predicted molar refractivity (Wildman–Crippen MR) is 148 cm³/mol. The monoisotopic (exact) mass is 479 g/mol. The highest BCUT2D eigenvalue weighted by molar-refractivity contribution is 5.69. The summed E-state index contributed by atoms with van der Waals surface area (Å²) in [6, 6.07) is 0. The van der Waals surface area contributed by atoms with Crippen LogP contribution >= 0.6 is 0 Å². The molecule has 1 aliphatic rings. The molecule has 0 aliphatic carbocycles. The molecule has 1 saturated heterocycles. The molecular weight excluding hydrogens is 418 g/mol. The van der Waals surface area contributed by atoms with Crippen LogP contribution in [0.25, 0.3) is 0 Å². The molecule has 3 heteroatoms. The zero-order chi connectivity index (χ0) is 25.3. The van der Waals surface area contributed by atoms with Crippen molar-refractivity contribution in [2.45, 2.75) is 187 Å². The predicted octanol–water partition coefficient (Wildman–Crippen LogP) is 9.61. The molecule has 0 bridgehead atoms. The minimum Gasteiger partial charge on any atom is -0.462 e. The Morgan fingerprint density at radius 3 is 1.32 bits per heavy atom. The summed E-state index contributed by atoms with van der Waals surface area (Å²) >= 11 is 0. The Hall–Kier alpha value is -0.570. The van der Waals surface area contributed by atoms with E-state index in [-0.39, 0.29) is 23.2 Å².